The first-order chi connectivity index (χ1) is 5.54. The highest BCUT2D eigenvalue weighted by atomic mass is 79.9. The van der Waals surface area contributed by atoms with E-state index in [2.05, 4.69) is 53.8 Å². The number of hydrogen-bond acceptors (Lipinski definition) is 1. The molecule has 0 unspecified atom stereocenters. The highest BCUT2D eigenvalue weighted by Crippen LogP contribution is 2.20. The van der Waals surface area contributed by atoms with Crippen molar-refractivity contribution < 1.29 is 0 Å². The molecule has 0 amide bonds. The molecule has 0 aliphatic rings. The Morgan fingerprint density at radius 1 is 1.33 bits per heavy atom. The van der Waals surface area contributed by atoms with Gasteiger partial charge in [-0.15, -0.1) is 0 Å². The topological polar surface area (TPSA) is 12.9 Å². The predicted molar refractivity (Wildman–Crippen MR) is 55.6 cm³/mol. The van der Waals surface area contributed by atoms with Gasteiger partial charge in [-0.3, -0.25) is 4.98 Å². The van der Waals surface area contributed by atoms with Crippen LogP contribution in [0.15, 0.2) is 18.2 Å². The van der Waals surface area contributed by atoms with E-state index >= 15 is 0 Å². The largest absolute Gasteiger partial charge is 0.256 e. The van der Waals surface area contributed by atoms with Gasteiger partial charge in [-0.2, -0.15) is 0 Å². The molecule has 0 aliphatic heterocycles. The molecule has 0 spiro atoms. The van der Waals surface area contributed by atoms with Crippen LogP contribution in [0, 0.1) is 0 Å². The third kappa shape index (κ3) is 2.31. The second-order valence-electron chi connectivity index (χ2n) is 3.90. The van der Waals surface area contributed by atoms with Gasteiger partial charge in [-0.05, 0) is 12.1 Å². The lowest BCUT2D eigenvalue weighted by Gasteiger charge is -2.17. The summed E-state index contributed by atoms with van der Waals surface area (Å²) < 4.78 is 0. The van der Waals surface area contributed by atoms with Gasteiger partial charge in [-0.1, -0.05) is 42.8 Å². The van der Waals surface area contributed by atoms with Crippen molar-refractivity contribution in [2.45, 2.75) is 31.5 Å². The predicted octanol–water partition coefficient (Wildman–Crippen LogP) is 3.27. The fraction of sp³-hybridized carbons (Fsp3) is 0.500. The Balaban J connectivity index is 3.02. The molecule has 1 rings (SSSR count). The van der Waals surface area contributed by atoms with E-state index in [0.29, 0.717) is 0 Å². The minimum atomic E-state index is 0.151. The Hall–Kier alpha value is -0.370. The zero-order valence-corrected chi connectivity index (χ0v) is 9.35. The van der Waals surface area contributed by atoms with E-state index < -0.39 is 0 Å². The summed E-state index contributed by atoms with van der Waals surface area (Å²) in [6.07, 6.45) is 0. The van der Waals surface area contributed by atoms with E-state index in [1.165, 1.54) is 0 Å². The summed E-state index contributed by atoms with van der Waals surface area (Å²) in [5, 5.41) is 0.830. The van der Waals surface area contributed by atoms with Gasteiger partial charge < -0.3 is 0 Å². The molecule has 1 aromatic heterocycles. The number of pyridine rings is 1. The lowest BCUT2D eigenvalue weighted by molar-refractivity contribution is 0.567. The third-order valence-corrected chi connectivity index (χ3v) is 2.29. The van der Waals surface area contributed by atoms with E-state index in [-0.39, 0.29) is 5.41 Å². The molecular weight excluding hydrogens is 214 g/mol. The van der Waals surface area contributed by atoms with Crippen molar-refractivity contribution in [3.63, 3.8) is 0 Å². The van der Waals surface area contributed by atoms with E-state index in [0.717, 1.165) is 16.7 Å². The van der Waals surface area contributed by atoms with Crippen LogP contribution in [0.5, 0.6) is 0 Å². The van der Waals surface area contributed by atoms with Crippen LogP contribution in [-0.2, 0) is 10.7 Å². The van der Waals surface area contributed by atoms with Crippen molar-refractivity contribution in [1.29, 1.82) is 0 Å². The summed E-state index contributed by atoms with van der Waals surface area (Å²) >= 11 is 3.40. The van der Waals surface area contributed by atoms with Gasteiger partial charge in [0.2, 0.25) is 0 Å². The SMILES string of the molecule is CC(C)(C)c1cccc(CBr)n1. The van der Waals surface area contributed by atoms with Crippen LogP contribution in [0.25, 0.3) is 0 Å². The first-order valence-corrected chi connectivity index (χ1v) is 5.18. The number of rotatable bonds is 1. The summed E-state index contributed by atoms with van der Waals surface area (Å²) in [5.41, 5.74) is 2.40. The molecule has 1 aromatic rings. The number of nitrogens with zero attached hydrogens (tertiary/aromatic N) is 1. The maximum atomic E-state index is 4.52. The first kappa shape index (κ1) is 9.72. The standard InChI is InChI=1S/C10H14BrN/c1-10(2,3)9-6-4-5-8(7-11)12-9/h4-6H,7H2,1-3H3. The summed E-state index contributed by atoms with van der Waals surface area (Å²) in [6.45, 7) is 6.52. The van der Waals surface area contributed by atoms with Crippen molar-refractivity contribution in [2.24, 2.45) is 0 Å². The monoisotopic (exact) mass is 227 g/mol. The molecule has 0 bridgehead atoms. The summed E-state index contributed by atoms with van der Waals surface area (Å²) in [6, 6.07) is 6.17. The Morgan fingerprint density at radius 2 is 2.00 bits per heavy atom. The quantitative estimate of drug-likeness (QED) is 0.672. The van der Waals surface area contributed by atoms with E-state index in [1.807, 2.05) is 6.07 Å². The smallest absolute Gasteiger partial charge is 0.0512 e. The Morgan fingerprint density at radius 3 is 2.50 bits per heavy atom. The van der Waals surface area contributed by atoms with Crippen LogP contribution >= 0.6 is 15.9 Å². The second-order valence-corrected chi connectivity index (χ2v) is 4.46. The lowest BCUT2D eigenvalue weighted by atomic mass is 9.91. The van der Waals surface area contributed by atoms with Gasteiger partial charge >= 0.3 is 0 Å². The fourth-order valence-corrected chi connectivity index (χ4v) is 1.28. The van der Waals surface area contributed by atoms with Crippen LogP contribution in [0.3, 0.4) is 0 Å². The van der Waals surface area contributed by atoms with Gasteiger partial charge in [-0.25, -0.2) is 0 Å². The van der Waals surface area contributed by atoms with Gasteiger partial charge in [0.05, 0.1) is 5.69 Å². The zero-order valence-electron chi connectivity index (χ0n) is 7.76. The molecule has 0 radical (unpaired) electrons. The zero-order chi connectivity index (χ0) is 9.19. The minimum Gasteiger partial charge on any atom is -0.256 e. The van der Waals surface area contributed by atoms with Crippen molar-refractivity contribution >= 4 is 15.9 Å². The van der Waals surface area contributed by atoms with Crippen LogP contribution < -0.4 is 0 Å². The van der Waals surface area contributed by atoms with Crippen molar-refractivity contribution in [1.82, 2.24) is 4.98 Å². The Bertz CT molecular complexity index is 263. The minimum absolute atomic E-state index is 0.151. The molecule has 0 aromatic carbocycles. The Kier molecular flexibility index (Phi) is 2.89. The number of aromatic nitrogens is 1. The maximum absolute atomic E-state index is 4.52. The highest BCUT2D eigenvalue weighted by molar-refractivity contribution is 9.08. The molecule has 66 valence electrons. The summed E-state index contributed by atoms with van der Waals surface area (Å²) in [4.78, 5) is 4.52. The average molecular weight is 228 g/mol. The van der Waals surface area contributed by atoms with Crippen molar-refractivity contribution in [3.8, 4) is 0 Å². The molecule has 12 heavy (non-hydrogen) atoms. The van der Waals surface area contributed by atoms with Crippen LogP contribution in [0.4, 0.5) is 0 Å². The van der Waals surface area contributed by atoms with Crippen molar-refractivity contribution in [2.75, 3.05) is 0 Å². The molecular formula is C10H14BrN. The second kappa shape index (κ2) is 3.56. The molecule has 0 aliphatic carbocycles. The molecule has 1 heterocycles. The number of hydrogen-bond donors (Lipinski definition) is 0. The molecule has 0 fully saturated rings. The molecule has 0 saturated heterocycles. The van der Waals surface area contributed by atoms with Crippen LogP contribution in [0.2, 0.25) is 0 Å². The normalized spacial score (nSPS) is 11.7. The molecule has 0 atom stereocenters. The molecule has 0 saturated carbocycles. The van der Waals surface area contributed by atoms with Gasteiger partial charge in [0.1, 0.15) is 0 Å². The van der Waals surface area contributed by atoms with Gasteiger partial charge in [0.15, 0.2) is 0 Å². The highest BCUT2D eigenvalue weighted by Gasteiger charge is 2.14. The number of alkyl halides is 1. The summed E-state index contributed by atoms with van der Waals surface area (Å²) in [7, 11) is 0. The maximum Gasteiger partial charge on any atom is 0.0512 e. The van der Waals surface area contributed by atoms with E-state index in [4.69, 9.17) is 0 Å². The molecule has 2 heteroatoms. The van der Waals surface area contributed by atoms with Crippen molar-refractivity contribution in [3.05, 3.63) is 29.6 Å². The van der Waals surface area contributed by atoms with E-state index in [1.54, 1.807) is 0 Å². The lowest BCUT2D eigenvalue weighted by Crippen LogP contribution is -2.13. The Labute approximate surface area is 82.3 Å². The number of halogens is 1. The third-order valence-electron chi connectivity index (χ3n) is 1.71. The van der Waals surface area contributed by atoms with Gasteiger partial charge in [0.25, 0.3) is 0 Å². The molecule has 1 nitrogen and oxygen atoms in total. The van der Waals surface area contributed by atoms with Crippen LogP contribution in [0.1, 0.15) is 32.2 Å². The summed E-state index contributed by atoms with van der Waals surface area (Å²) in [5.74, 6) is 0. The first-order valence-electron chi connectivity index (χ1n) is 4.06. The average Bonchev–Trinajstić information content (AvgIpc) is 2.03. The van der Waals surface area contributed by atoms with Crippen LogP contribution in [-0.4, -0.2) is 4.98 Å². The van der Waals surface area contributed by atoms with E-state index in [9.17, 15) is 0 Å². The molecule has 0 N–H and O–H groups in total. The fourth-order valence-electron chi connectivity index (χ4n) is 0.972. The van der Waals surface area contributed by atoms with Gasteiger partial charge in [0, 0.05) is 16.4 Å².